The van der Waals surface area contributed by atoms with Crippen LogP contribution in [0.3, 0.4) is 0 Å². The summed E-state index contributed by atoms with van der Waals surface area (Å²) in [6.45, 7) is 2.06. The van der Waals surface area contributed by atoms with Gasteiger partial charge in [0.25, 0.3) is 0 Å². The van der Waals surface area contributed by atoms with Crippen LogP contribution in [-0.2, 0) is 5.54 Å². The van der Waals surface area contributed by atoms with Gasteiger partial charge in [-0.15, -0.1) is 0 Å². The third kappa shape index (κ3) is 3.64. The number of aromatic nitrogens is 2. The highest BCUT2D eigenvalue weighted by Crippen LogP contribution is 2.44. The van der Waals surface area contributed by atoms with Crippen LogP contribution < -0.4 is 0 Å². The molecule has 0 aliphatic rings. The average Bonchev–Trinajstić information content (AvgIpc) is 3.36. The van der Waals surface area contributed by atoms with Crippen LogP contribution in [0.5, 0.6) is 0 Å². The zero-order valence-electron chi connectivity index (χ0n) is 19.3. The van der Waals surface area contributed by atoms with Crippen molar-refractivity contribution in [3.05, 3.63) is 150 Å². The number of hydrogen-bond donors (Lipinski definition) is 1. The zero-order chi connectivity index (χ0) is 23.4. The largest absolute Gasteiger partial charge is 0.396 e. The van der Waals surface area contributed by atoms with Crippen LogP contribution in [0, 0.1) is 0 Å². The van der Waals surface area contributed by atoms with Crippen LogP contribution >= 0.6 is 0 Å². The fourth-order valence-corrected chi connectivity index (χ4v) is 4.90. The Kier molecular flexibility index (Phi) is 6.11. The van der Waals surface area contributed by atoms with Crippen molar-refractivity contribution in [2.75, 3.05) is 6.61 Å². The minimum atomic E-state index is -0.657. The second-order valence-corrected chi connectivity index (χ2v) is 8.61. The predicted octanol–water partition coefficient (Wildman–Crippen LogP) is 6.49. The van der Waals surface area contributed by atoms with Gasteiger partial charge in [0, 0.05) is 11.5 Å². The SMILES string of the molecule is CC(CO)c1ncn(C(c2ccccc2)(c2ccccc2)c2ccccc2)c1-c1ccccc1. The maximum absolute atomic E-state index is 10.1. The van der Waals surface area contributed by atoms with Crippen molar-refractivity contribution in [3.63, 3.8) is 0 Å². The van der Waals surface area contributed by atoms with Crippen molar-refractivity contribution < 1.29 is 5.11 Å². The van der Waals surface area contributed by atoms with Gasteiger partial charge < -0.3 is 9.67 Å². The van der Waals surface area contributed by atoms with Gasteiger partial charge in [-0.1, -0.05) is 128 Å². The summed E-state index contributed by atoms with van der Waals surface area (Å²) >= 11 is 0. The Balaban J connectivity index is 1.95. The number of benzene rings is 4. The quantitative estimate of drug-likeness (QED) is 0.292. The molecule has 0 aliphatic heterocycles. The van der Waals surface area contributed by atoms with Gasteiger partial charge in [-0.3, -0.25) is 0 Å². The van der Waals surface area contributed by atoms with Crippen molar-refractivity contribution in [1.29, 1.82) is 0 Å². The Labute approximate surface area is 201 Å². The van der Waals surface area contributed by atoms with Crippen LogP contribution in [-0.4, -0.2) is 21.3 Å². The fourth-order valence-electron chi connectivity index (χ4n) is 4.90. The molecule has 0 spiro atoms. The van der Waals surface area contributed by atoms with Gasteiger partial charge in [-0.05, 0) is 16.7 Å². The molecular weight excluding hydrogens is 416 g/mol. The molecule has 0 bridgehead atoms. The van der Waals surface area contributed by atoms with Crippen molar-refractivity contribution in [2.45, 2.75) is 18.4 Å². The summed E-state index contributed by atoms with van der Waals surface area (Å²) in [5, 5.41) is 10.1. The third-order valence-corrected chi connectivity index (χ3v) is 6.52. The summed E-state index contributed by atoms with van der Waals surface area (Å²) in [5.74, 6) is -0.100. The van der Waals surface area contributed by atoms with Crippen molar-refractivity contribution in [1.82, 2.24) is 9.55 Å². The Morgan fingerprint density at radius 3 is 1.50 bits per heavy atom. The maximum atomic E-state index is 10.1. The second-order valence-electron chi connectivity index (χ2n) is 8.61. The van der Waals surface area contributed by atoms with Crippen molar-refractivity contribution in [2.24, 2.45) is 0 Å². The predicted molar refractivity (Wildman–Crippen MR) is 138 cm³/mol. The van der Waals surface area contributed by atoms with E-state index in [4.69, 9.17) is 4.98 Å². The van der Waals surface area contributed by atoms with Gasteiger partial charge in [0.2, 0.25) is 0 Å². The first kappa shape index (κ1) is 21.9. The smallest absolute Gasteiger partial charge is 0.122 e. The van der Waals surface area contributed by atoms with E-state index in [1.54, 1.807) is 0 Å². The summed E-state index contributed by atoms with van der Waals surface area (Å²) in [7, 11) is 0. The monoisotopic (exact) mass is 444 g/mol. The van der Waals surface area contributed by atoms with E-state index in [-0.39, 0.29) is 12.5 Å². The standard InChI is InChI=1S/C31H28N2O/c1-24(22-34)29-30(25-14-6-2-7-15-25)33(23-32-29)31(26-16-8-3-9-17-26,27-18-10-4-11-19-27)28-20-12-5-13-21-28/h2-21,23-24,34H,22H2,1H3. The number of aliphatic hydroxyl groups excluding tert-OH is 1. The van der Waals surface area contributed by atoms with E-state index in [0.717, 1.165) is 33.6 Å². The molecule has 0 radical (unpaired) electrons. The normalized spacial score (nSPS) is 12.4. The Morgan fingerprint density at radius 2 is 1.09 bits per heavy atom. The number of aliphatic hydroxyl groups is 1. The molecule has 0 saturated carbocycles. The van der Waals surface area contributed by atoms with Gasteiger partial charge >= 0.3 is 0 Å². The lowest BCUT2D eigenvalue weighted by Crippen LogP contribution is -2.38. The van der Waals surface area contributed by atoms with Gasteiger partial charge in [0.15, 0.2) is 0 Å². The summed E-state index contributed by atoms with van der Waals surface area (Å²) in [6.07, 6.45) is 1.94. The molecule has 0 aliphatic carbocycles. The molecule has 4 aromatic carbocycles. The van der Waals surface area contributed by atoms with E-state index >= 15 is 0 Å². The first-order valence-corrected chi connectivity index (χ1v) is 11.7. The van der Waals surface area contributed by atoms with Crippen LogP contribution in [0.1, 0.15) is 35.2 Å². The zero-order valence-corrected chi connectivity index (χ0v) is 19.3. The summed E-state index contributed by atoms with van der Waals surface area (Å²) in [6, 6.07) is 42.2. The lowest BCUT2D eigenvalue weighted by Gasteiger charge is -2.39. The summed E-state index contributed by atoms with van der Waals surface area (Å²) in [4.78, 5) is 4.91. The Morgan fingerprint density at radius 1 is 0.676 bits per heavy atom. The Bertz CT molecular complexity index is 1230. The number of nitrogens with zero attached hydrogens (tertiary/aromatic N) is 2. The van der Waals surface area contributed by atoms with E-state index in [1.165, 1.54) is 0 Å². The topological polar surface area (TPSA) is 38.1 Å². The van der Waals surface area contributed by atoms with Crippen molar-refractivity contribution >= 4 is 0 Å². The van der Waals surface area contributed by atoms with E-state index in [1.807, 2.05) is 19.3 Å². The Hall–Kier alpha value is -3.95. The number of rotatable bonds is 7. The van der Waals surface area contributed by atoms with Gasteiger partial charge in [0.1, 0.15) is 5.54 Å². The lowest BCUT2D eigenvalue weighted by atomic mass is 9.76. The molecule has 1 atom stereocenters. The highest BCUT2D eigenvalue weighted by atomic mass is 16.3. The molecule has 1 N–H and O–H groups in total. The molecule has 3 heteroatoms. The molecule has 3 nitrogen and oxygen atoms in total. The van der Waals surface area contributed by atoms with E-state index in [2.05, 4.69) is 120 Å². The molecule has 0 amide bonds. The minimum Gasteiger partial charge on any atom is -0.396 e. The molecule has 1 unspecified atom stereocenters. The first-order valence-electron chi connectivity index (χ1n) is 11.7. The molecule has 0 saturated heterocycles. The average molecular weight is 445 g/mol. The van der Waals surface area contributed by atoms with Crippen LogP contribution in [0.4, 0.5) is 0 Å². The summed E-state index contributed by atoms with van der Waals surface area (Å²) < 4.78 is 2.30. The second kappa shape index (κ2) is 9.50. The molecule has 5 rings (SSSR count). The highest BCUT2D eigenvalue weighted by Gasteiger charge is 2.40. The summed E-state index contributed by atoms with van der Waals surface area (Å²) in [5.41, 5.74) is 5.75. The van der Waals surface area contributed by atoms with Crippen LogP contribution in [0.25, 0.3) is 11.3 Å². The molecular formula is C31H28N2O. The van der Waals surface area contributed by atoms with Crippen LogP contribution in [0.15, 0.2) is 128 Å². The number of hydrogen-bond acceptors (Lipinski definition) is 2. The van der Waals surface area contributed by atoms with Gasteiger partial charge in [0.05, 0.1) is 24.3 Å². The third-order valence-electron chi connectivity index (χ3n) is 6.52. The maximum Gasteiger partial charge on any atom is 0.122 e. The highest BCUT2D eigenvalue weighted by molar-refractivity contribution is 5.66. The van der Waals surface area contributed by atoms with E-state index < -0.39 is 5.54 Å². The molecule has 5 aromatic rings. The minimum absolute atomic E-state index is 0.0336. The first-order chi connectivity index (χ1) is 16.8. The van der Waals surface area contributed by atoms with Crippen molar-refractivity contribution in [3.8, 4) is 11.3 Å². The lowest BCUT2D eigenvalue weighted by molar-refractivity contribution is 0.271. The molecule has 168 valence electrons. The molecule has 0 fully saturated rings. The van der Waals surface area contributed by atoms with Crippen LogP contribution in [0.2, 0.25) is 0 Å². The van der Waals surface area contributed by atoms with E-state index in [9.17, 15) is 5.11 Å². The molecule has 1 heterocycles. The van der Waals surface area contributed by atoms with Gasteiger partial charge in [-0.25, -0.2) is 4.98 Å². The number of imidazole rings is 1. The van der Waals surface area contributed by atoms with E-state index in [0.29, 0.717) is 0 Å². The molecule has 1 aromatic heterocycles. The van der Waals surface area contributed by atoms with Gasteiger partial charge in [-0.2, -0.15) is 0 Å². The molecule has 34 heavy (non-hydrogen) atoms. The fraction of sp³-hybridized carbons (Fsp3) is 0.129.